The maximum Gasteiger partial charge on any atom is 0.330 e. The summed E-state index contributed by atoms with van der Waals surface area (Å²) < 4.78 is 6.25. The topological polar surface area (TPSA) is 125 Å². The van der Waals surface area contributed by atoms with Crippen molar-refractivity contribution in [1.82, 2.24) is 9.55 Å². The van der Waals surface area contributed by atoms with Crippen molar-refractivity contribution in [3.63, 3.8) is 0 Å². The maximum absolute atomic E-state index is 13.2. The van der Waals surface area contributed by atoms with Gasteiger partial charge in [-0.2, -0.15) is 5.26 Å². The monoisotopic (exact) mass is 371 g/mol. The molecule has 0 unspecified atom stereocenters. The van der Waals surface area contributed by atoms with Crippen molar-refractivity contribution in [2.75, 3.05) is 13.2 Å². The van der Waals surface area contributed by atoms with Crippen LogP contribution in [0.1, 0.15) is 52.5 Å². The summed E-state index contributed by atoms with van der Waals surface area (Å²) in [5.74, 6) is -0.882. The molecule has 8 heteroatoms. The SMILES string of the molecule is Cc1cc(C#N)cc(C(=O)c2c(C(C)C)c(=O)[nH]c(=O)n2COCCO)c1. The van der Waals surface area contributed by atoms with Crippen molar-refractivity contribution in [3.8, 4) is 6.07 Å². The van der Waals surface area contributed by atoms with Gasteiger partial charge in [0.2, 0.25) is 5.78 Å². The zero-order valence-electron chi connectivity index (χ0n) is 15.4. The second-order valence-corrected chi connectivity index (χ2v) is 6.39. The number of aliphatic hydroxyl groups excluding tert-OH is 1. The fourth-order valence-electron chi connectivity index (χ4n) is 2.83. The number of aromatic nitrogens is 2. The Kier molecular flexibility index (Phi) is 6.45. The molecule has 0 aliphatic heterocycles. The summed E-state index contributed by atoms with van der Waals surface area (Å²) in [5, 5.41) is 18.0. The number of ether oxygens (including phenoxy) is 1. The van der Waals surface area contributed by atoms with Gasteiger partial charge in [-0.25, -0.2) is 4.79 Å². The van der Waals surface area contributed by atoms with Crippen molar-refractivity contribution in [2.24, 2.45) is 0 Å². The summed E-state index contributed by atoms with van der Waals surface area (Å²) in [7, 11) is 0. The predicted octanol–water partition coefficient (Wildman–Crippen LogP) is 1.04. The number of aryl methyl sites for hydroxylation is 1. The Labute approximate surface area is 155 Å². The summed E-state index contributed by atoms with van der Waals surface area (Å²) in [5.41, 5.74) is -0.116. The van der Waals surface area contributed by atoms with Crippen LogP contribution in [-0.4, -0.2) is 33.7 Å². The number of hydrogen-bond donors (Lipinski definition) is 2. The smallest absolute Gasteiger partial charge is 0.330 e. The number of hydrogen-bond acceptors (Lipinski definition) is 6. The number of aromatic amines is 1. The first-order valence-corrected chi connectivity index (χ1v) is 8.42. The van der Waals surface area contributed by atoms with Gasteiger partial charge in [0.25, 0.3) is 5.56 Å². The number of ketones is 1. The third kappa shape index (κ3) is 4.39. The van der Waals surface area contributed by atoms with Crippen LogP contribution in [0.3, 0.4) is 0 Å². The molecule has 27 heavy (non-hydrogen) atoms. The molecule has 0 amide bonds. The number of rotatable bonds is 7. The van der Waals surface area contributed by atoms with E-state index in [2.05, 4.69) is 4.98 Å². The second-order valence-electron chi connectivity index (χ2n) is 6.39. The van der Waals surface area contributed by atoms with Gasteiger partial charge in [-0.1, -0.05) is 13.8 Å². The van der Waals surface area contributed by atoms with Crippen LogP contribution in [0.25, 0.3) is 0 Å². The van der Waals surface area contributed by atoms with Gasteiger partial charge in [-0.05, 0) is 36.6 Å². The normalized spacial score (nSPS) is 10.8. The van der Waals surface area contributed by atoms with Crippen LogP contribution in [0, 0.1) is 18.3 Å². The first kappa shape index (κ1) is 20.3. The standard InChI is InChI=1S/C19H21N3O5/c1-11(2)15-16(17(24)14-7-12(3)6-13(8-14)9-20)22(10-27-5-4-23)19(26)21-18(15)25/h6-8,11,23H,4-5,10H2,1-3H3,(H,21,25,26). The molecule has 0 aliphatic rings. The zero-order valence-corrected chi connectivity index (χ0v) is 15.4. The van der Waals surface area contributed by atoms with Gasteiger partial charge < -0.3 is 9.84 Å². The Hall–Kier alpha value is -3.02. The maximum atomic E-state index is 13.2. The van der Waals surface area contributed by atoms with Crippen molar-refractivity contribution >= 4 is 5.78 Å². The van der Waals surface area contributed by atoms with Crippen molar-refractivity contribution in [1.29, 1.82) is 5.26 Å². The number of nitriles is 1. The molecule has 2 rings (SSSR count). The summed E-state index contributed by atoms with van der Waals surface area (Å²) in [6.07, 6.45) is 0. The van der Waals surface area contributed by atoms with Crippen LogP contribution in [0.5, 0.6) is 0 Å². The summed E-state index contributed by atoms with van der Waals surface area (Å²) in [4.78, 5) is 40.1. The summed E-state index contributed by atoms with van der Waals surface area (Å²) in [6, 6.07) is 6.64. The van der Waals surface area contributed by atoms with Crippen LogP contribution >= 0.6 is 0 Å². The summed E-state index contributed by atoms with van der Waals surface area (Å²) >= 11 is 0. The number of carbonyl (C=O) groups excluding carboxylic acids is 1. The third-order valence-electron chi connectivity index (χ3n) is 3.95. The van der Waals surface area contributed by atoms with E-state index in [0.29, 0.717) is 11.1 Å². The Morgan fingerprint density at radius 2 is 2.04 bits per heavy atom. The number of nitrogens with one attached hydrogen (secondary N) is 1. The molecule has 1 heterocycles. The van der Waals surface area contributed by atoms with E-state index in [1.807, 2.05) is 6.07 Å². The number of aliphatic hydroxyl groups is 1. The number of nitrogens with zero attached hydrogens (tertiary/aromatic N) is 2. The van der Waals surface area contributed by atoms with E-state index in [0.717, 1.165) is 4.57 Å². The minimum Gasteiger partial charge on any atom is -0.394 e. The number of benzene rings is 1. The molecule has 0 atom stereocenters. The third-order valence-corrected chi connectivity index (χ3v) is 3.95. The molecule has 1 aromatic carbocycles. The molecule has 0 spiro atoms. The lowest BCUT2D eigenvalue weighted by molar-refractivity contribution is 0.0437. The van der Waals surface area contributed by atoms with Crippen LogP contribution in [0.2, 0.25) is 0 Å². The lowest BCUT2D eigenvalue weighted by Crippen LogP contribution is -2.38. The van der Waals surface area contributed by atoms with Crippen LogP contribution in [0.15, 0.2) is 27.8 Å². The quantitative estimate of drug-likeness (QED) is 0.553. The highest BCUT2D eigenvalue weighted by Gasteiger charge is 2.25. The molecule has 2 aromatic rings. The molecule has 2 N–H and O–H groups in total. The number of carbonyl (C=O) groups is 1. The van der Waals surface area contributed by atoms with Gasteiger partial charge >= 0.3 is 5.69 Å². The minimum absolute atomic E-state index is 0.0285. The Morgan fingerprint density at radius 1 is 1.33 bits per heavy atom. The van der Waals surface area contributed by atoms with E-state index < -0.39 is 17.0 Å². The molecular weight excluding hydrogens is 350 g/mol. The number of H-pyrrole nitrogens is 1. The zero-order chi connectivity index (χ0) is 20.1. The molecule has 142 valence electrons. The molecule has 0 fully saturated rings. The first-order valence-electron chi connectivity index (χ1n) is 8.42. The van der Waals surface area contributed by atoms with E-state index in [1.54, 1.807) is 32.9 Å². The highest BCUT2D eigenvalue weighted by Crippen LogP contribution is 2.20. The average Bonchev–Trinajstić information content (AvgIpc) is 2.61. The second kappa shape index (κ2) is 8.58. The minimum atomic E-state index is -0.779. The molecule has 1 aromatic heterocycles. The molecule has 8 nitrogen and oxygen atoms in total. The fraction of sp³-hybridized carbons (Fsp3) is 0.368. The Morgan fingerprint density at radius 3 is 2.63 bits per heavy atom. The Bertz CT molecular complexity index is 1010. The van der Waals surface area contributed by atoms with Gasteiger partial charge in [0.05, 0.1) is 24.8 Å². The van der Waals surface area contributed by atoms with Crippen molar-refractivity contribution < 1.29 is 14.6 Å². The molecular formula is C19H21N3O5. The van der Waals surface area contributed by atoms with Crippen LogP contribution < -0.4 is 11.2 Å². The Balaban J connectivity index is 2.74. The van der Waals surface area contributed by atoms with Crippen molar-refractivity contribution in [3.05, 3.63) is 67.0 Å². The highest BCUT2D eigenvalue weighted by atomic mass is 16.5. The first-order chi connectivity index (χ1) is 12.8. The van der Waals surface area contributed by atoms with E-state index in [9.17, 15) is 14.4 Å². The van der Waals surface area contributed by atoms with E-state index in [4.69, 9.17) is 15.1 Å². The summed E-state index contributed by atoms with van der Waals surface area (Å²) in [6.45, 7) is 4.65. The fourth-order valence-corrected chi connectivity index (χ4v) is 2.83. The van der Waals surface area contributed by atoms with E-state index in [-0.39, 0.29) is 42.7 Å². The predicted molar refractivity (Wildman–Crippen MR) is 97.8 cm³/mol. The van der Waals surface area contributed by atoms with Crippen LogP contribution in [-0.2, 0) is 11.5 Å². The molecule has 0 aliphatic carbocycles. The highest BCUT2D eigenvalue weighted by molar-refractivity contribution is 6.09. The van der Waals surface area contributed by atoms with E-state index >= 15 is 0 Å². The lowest BCUT2D eigenvalue weighted by Gasteiger charge is -2.17. The van der Waals surface area contributed by atoms with Gasteiger partial charge in [0, 0.05) is 11.1 Å². The van der Waals surface area contributed by atoms with Gasteiger partial charge in [0.15, 0.2) is 0 Å². The van der Waals surface area contributed by atoms with E-state index in [1.165, 1.54) is 6.07 Å². The largest absolute Gasteiger partial charge is 0.394 e. The average molecular weight is 371 g/mol. The van der Waals surface area contributed by atoms with Crippen molar-refractivity contribution in [2.45, 2.75) is 33.4 Å². The molecule has 0 saturated carbocycles. The van der Waals surface area contributed by atoms with Crippen LogP contribution in [0.4, 0.5) is 0 Å². The van der Waals surface area contributed by atoms with Gasteiger partial charge in [-0.15, -0.1) is 0 Å². The van der Waals surface area contributed by atoms with Gasteiger partial charge in [-0.3, -0.25) is 19.1 Å². The molecule has 0 saturated heterocycles. The van der Waals surface area contributed by atoms with Gasteiger partial charge in [0.1, 0.15) is 12.4 Å². The molecule has 0 bridgehead atoms. The lowest BCUT2D eigenvalue weighted by atomic mass is 9.95. The molecule has 0 radical (unpaired) electrons.